The molecule has 1 saturated carbocycles. The molecule has 0 saturated heterocycles. The van der Waals surface area contributed by atoms with Crippen molar-refractivity contribution in [3.8, 4) is 0 Å². The van der Waals surface area contributed by atoms with Crippen LogP contribution in [0.3, 0.4) is 0 Å². The molecule has 1 fully saturated rings. The smallest absolute Gasteiger partial charge is 0.333 e. The quantitative estimate of drug-likeness (QED) is 0.278. The molecule has 0 bridgehead atoms. The summed E-state index contributed by atoms with van der Waals surface area (Å²) in [6.45, 7) is 2.67. The molecule has 5 N–H and O–H groups in total. The summed E-state index contributed by atoms with van der Waals surface area (Å²) in [6, 6.07) is 8.05. The molecule has 1 aliphatic carbocycles. The summed E-state index contributed by atoms with van der Waals surface area (Å²) in [5.41, 5.74) is 3.90. The van der Waals surface area contributed by atoms with Gasteiger partial charge in [0.05, 0.1) is 29.2 Å². The second-order valence-corrected chi connectivity index (χ2v) is 13.0. The highest BCUT2D eigenvalue weighted by atomic mass is 79.9. The summed E-state index contributed by atoms with van der Waals surface area (Å²) in [5.74, 6) is -0.238. The van der Waals surface area contributed by atoms with Gasteiger partial charge in [-0.1, -0.05) is 22.0 Å². The van der Waals surface area contributed by atoms with Gasteiger partial charge in [-0.15, -0.1) is 11.3 Å². The molecule has 1 aliphatic heterocycles. The van der Waals surface area contributed by atoms with Crippen LogP contribution < -0.4 is 15.8 Å². The zero-order valence-electron chi connectivity index (χ0n) is 20.6. The van der Waals surface area contributed by atoms with Gasteiger partial charge in [0.2, 0.25) is 5.78 Å². The Morgan fingerprint density at radius 2 is 2.13 bits per heavy atom. The minimum atomic E-state index is -4.09. The first kappa shape index (κ1) is 27.3. The molecule has 0 spiro atoms. The van der Waals surface area contributed by atoms with Crippen LogP contribution in [0.25, 0.3) is 0 Å². The number of fused-ring (bicyclic) bond motifs is 1. The van der Waals surface area contributed by atoms with Gasteiger partial charge in [-0.3, -0.25) is 8.98 Å². The number of ketones is 1. The van der Waals surface area contributed by atoms with E-state index in [0.717, 1.165) is 27.9 Å². The van der Waals surface area contributed by atoms with E-state index in [1.165, 1.54) is 35.0 Å². The van der Waals surface area contributed by atoms with Crippen molar-refractivity contribution in [3.05, 3.63) is 73.3 Å². The molecular weight excluding hydrogens is 594 g/mol. The van der Waals surface area contributed by atoms with Crippen LogP contribution in [0.5, 0.6) is 0 Å². The van der Waals surface area contributed by atoms with Crippen molar-refractivity contribution < 1.29 is 22.5 Å². The van der Waals surface area contributed by atoms with E-state index >= 15 is 0 Å². The molecule has 10 nitrogen and oxygen atoms in total. The number of aliphatic hydroxyl groups excluding tert-OH is 1. The van der Waals surface area contributed by atoms with Crippen LogP contribution in [0.15, 0.2) is 41.3 Å². The van der Waals surface area contributed by atoms with Gasteiger partial charge in [-0.25, -0.2) is 15.1 Å². The third-order valence-corrected chi connectivity index (χ3v) is 9.08. The molecule has 0 radical (unpaired) electrons. The highest BCUT2D eigenvalue weighted by Gasteiger charge is 2.35. The fourth-order valence-corrected chi connectivity index (χ4v) is 6.97. The van der Waals surface area contributed by atoms with Crippen LogP contribution in [0, 0.1) is 12.8 Å². The highest BCUT2D eigenvalue weighted by Crippen LogP contribution is 2.37. The minimum Gasteiger partial charge on any atom is -0.393 e. The van der Waals surface area contributed by atoms with Gasteiger partial charge in [0.1, 0.15) is 12.1 Å². The summed E-state index contributed by atoms with van der Waals surface area (Å²) < 4.78 is 27.9. The molecule has 0 amide bonds. The van der Waals surface area contributed by atoms with E-state index in [-0.39, 0.29) is 24.5 Å². The number of anilines is 1. The monoisotopic (exact) mass is 621 g/mol. The van der Waals surface area contributed by atoms with Gasteiger partial charge in [-0.2, -0.15) is 8.42 Å². The number of aliphatic hydroxyl groups is 1. The number of rotatable bonds is 8. The van der Waals surface area contributed by atoms with Crippen molar-refractivity contribution >= 4 is 49.2 Å². The fraction of sp³-hybridized carbons (Fsp3) is 0.400. The van der Waals surface area contributed by atoms with Crippen molar-refractivity contribution in [3.63, 3.8) is 0 Å². The number of nitrogens with zero attached hydrogens (tertiary/aromatic N) is 2. The highest BCUT2D eigenvalue weighted by molar-refractivity contribution is 9.10. The number of aryl methyl sites for hydroxylation is 1. The van der Waals surface area contributed by atoms with E-state index < -0.39 is 22.3 Å². The molecule has 13 heteroatoms. The van der Waals surface area contributed by atoms with Crippen molar-refractivity contribution in [1.82, 2.24) is 15.3 Å². The molecule has 2 aliphatic rings. The number of nitrogens with one attached hydrogen (secondary N) is 2. The molecule has 38 heavy (non-hydrogen) atoms. The van der Waals surface area contributed by atoms with Crippen LogP contribution in [0.2, 0.25) is 0 Å². The summed E-state index contributed by atoms with van der Waals surface area (Å²) >= 11 is 5.02. The summed E-state index contributed by atoms with van der Waals surface area (Å²) in [5, 5.41) is 22.1. The molecule has 3 heterocycles. The van der Waals surface area contributed by atoms with E-state index in [1.807, 2.05) is 13.0 Å². The van der Waals surface area contributed by atoms with Crippen LogP contribution in [-0.4, -0.2) is 54.6 Å². The van der Waals surface area contributed by atoms with Crippen LogP contribution >= 0.6 is 27.3 Å². The normalized spacial score (nSPS) is 23.3. The zero-order chi connectivity index (χ0) is 27.0. The minimum absolute atomic E-state index is 0.00451. The standard InChI is InChI=1S/C25H28BrN5O5S2/c1-13-18(23-19-7-16(26)3-2-14(19)4-5-29-23)9-22(37-13)24(33)20-10-28-12-30-25(20)31-17-6-15(21(32)8-17)11-36-38(27,34)35/h2-3,7,9-10,12,15,17,21,23,29,32H,4-6,8,11H2,1H3,(H2,27,34,35)(H,28,30,31)/t15-,17-,21+,23-/m1/s1. The SMILES string of the molecule is Cc1sc(C(=O)c2cncnc2N[C@@H]2C[C@H](COS(N)(=O)=O)[C@@H](O)C2)cc1[C@H]1NCCc2ccc(Br)cc21. The lowest BCUT2D eigenvalue weighted by molar-refractivity contribution is 0.101. The molecule has 4 atom stereocenters. The van der Waals surface area contributed by atoms with E-state index in [4.69, 9.17) is 5.14 Å². The predicted octanol–water partition coefficient (Wildman–Crippen LogP) is 2.85. The van der Waals surface area contributed by atoms with Crippen LogP contribution in [0.1, 0.15) is 55.7 Å². The number of aromatic nitrogens is 2. The molecule has 202 valence electrons. The van der Waals surface area contributed by atoms with Gasteiger partial charge in [0.15, 0.2) is 0 Å². The lowest BCUT2D eigenvalue weighted by Gasteiger charge is -2.27. The average Bonchev–Trinajstić information content (AvgIpc) is 3.43. The van der Waals surface area contributed by atoms with Gasteiger partial charge in [0.25, 0.3) is 0 Å². The molecule has 2 aromatic heterocycles. The van der Waals surface area contributed by atoms with Crippen molar-refractivity contribution in [2.45, 2.75) is 44.4 Å². The summed E-state index contributed by atoms with van der Waals surface area (Å²) in [7, 11) is -4.09. The van der Waals surface area contributed by atoms with Gasteiger partial charge in [0, 0.05) is 34.1 Å². The van der Waals surface area contributed by atoms with Crippen LogP contribution in [-0.2, 0) is 20.9 Å². The first-order valence-electron chi connectivity index (χ1n) is 12.2. The Balaban J connectivity index is 1.35. The van der Waals surface area contributed by atoms with Crippen molar-refractivity contribution in [2.24, 2.45) is 11.1 Å². The second kappa shape index (κ2) is 11.1. The maximum absolute atomic E-state index is 13.6. The number of hydrogen-bond donors (Lipinski definition) is 4. The van der Waals surface area contributed by atoms with E-state index in [9.17, 15) is 18.3 Å². The maximum atomic E-state index is 13.6. The molecule has 3 aromatic rings. The Morgan fingerprint density at radius 1 is 1.32 bits per heavy atom. The van der Waals surface area contributed by atoms with E-state index in [0.29, 0.717) is 29.1 Å². The molecule has 0 unspecified atom stereocenters. The number of halogens is 1. The first-order valence-corrected chi connectivity index (χ1v) is 15.3. The third-order valence-electron chi connectivity index (χ3n) is 7.05. The third kappa shape index (κ3) is 5.98. The van der Waals surface area contributed by atoms with Crippen molar-refractivity contribution in [2.75, 3.05) is 18.5 Å². The van der Waals surface area contributed by atoms with Crippen molar-refractivity contribution in [1.29, 1.82) is 0 Å². The summed E-state index contributed by atoms with van der Waals surface area (Å²) in [4.78, 5) is 23.7. The number of hydrogen-bond acceptors (Lipinski definition) is 10. The Bertz CT molecular complexity index is 1460. The first-order chi connectivity index (χ1) is 18.1. The van der Waals surface area contributed by atoms with Gasteiger partial charge < -0.3 is 15.7 Å². The Hall–Kier alpha value is -2.26. The summed E-state index contributed by atoms with van der Waals surface area (Å²) in [6.07, 6.45) is 3.81. The number of carbonyl (C=O) groups is 1. The predicted molar refractivity (Wildman–Crippen MR) is 147 cm³/mol. The molecule has 1 aromatic carbocycles. The largest absolute Gasteiger partial charge is 0.393 e. The maximum Gasteiger partial charge on any atom is 0.333 e. The Labute approximate surface area is 233 Å². The lowest BCUT2D eigenvalue weighted by Crippen LogP contribution is -2.30. The Kier molecular flexibility index (Phi) is 7.96. The topological polar surface area (TPSA) is 157 Å². The zero-order valence-corrected chi connectivity index (χ0v) is 23.8. The number of benzene rings is 1. The van der Waals surface area contributed by atoms with Crippen LogP contribution in [0.4, 0.5) is 5.82 Å². The molecular formula is C25H28BrN5O5S2. The second-order valence-electron chi connectivity index (χ2n) is 9.63. The lowest BCUT2D eigenvalue weighted by atomic mass is 9.90. The van der Waals surface area contributed by atoms with E-state index in [1.54, 1.807) is 0 Å². The van der Waals surface area contributed by atoms with E-state index in [2.05, 4.69) is 58.9 Å². The van der Waals surface area contributed by atoms with Gasteiger partial charge in [-0.05, 0) is 61.1 Å². The molecule has 5 rings (SSSR count). The average molecular weight is 623 g/mol. The fourth-order valence-electron chi connectivity index (χ4n) is 5.21. The van der Waals surface area contributed by atoms with Gasteiger partial charge >= 0.3 is 10.3 Å². The number of nitrogens with two attached hydrogens (primary N) is 1. The number of carbonyl (C=O) groups excluding carboxylic acids is 1. The Morgan fingerprint density at radius 3 is 2.92 bits per heavy atom. The number of thiophene rings is 1.